The highest BCUT2D eigenvalue weighted by Gasteiger charge is 2.32. The number of nitrogens with zero attached hydrogens (tertiary/aromatic N) is 4. The Labute approximate surface area is 214 Å². The second-order valence-electron chi connectivity index (χ2n) is 8.84. The first-order valence-corrected chi connectivity index (χ1v) is 14.0. The number of amides is 1. The second-order valence-corrected chi connectivity index (χ2v) is 11.0. The number of carbonyl (C=O) groups excluding carboxylic acids is 1. The fourth-order valence-corrected chi connectivity index (χ4v) is 6.42. The maximum atomic E-state index is 13.6. The van der Waals surface area contributed by atoms with Gasteiger partial charge in [-0.1, -0.05) is 66.7 Å². The van der Waals surface area contributed by atoms with Crippen LogP contribution < -0.4 is 4.72 Å². The summed E-state index contributed by atoms with van der Waals surface area (Å²) >= 11 is 0.962. The molecule has 186 valence electrons. The zero-order chi connectivity index (χ0) is 25.0. The molecule has 8 nitrogen and oxygen atoms in total. The summed E-state index contributed by atoms with van der Waals surface area (Å²) in [6, 6.07) is 23.6. The lowest BCUT2D eigenvalue weighted by Gasteiger charge is -2.36. The molecule has 5 rings (SSSR count). The fourth-order valence-electron chi connectivity index (χ4n) is 4.47. The lowest BCUT2D eigenvalue weighted by molar-refractivity contribution is -0.134. The van der Waals surface area contributed by atoms with E-state index in [0.717, 1.165) is 36.9 Å². The van der Waals surface area contributed by atoms with E-state index in [1.807, 2.05) is 48.5 Å². The van der Waals surface area contributed by atoms with E-state index in [9.17, 15) is 13.2 Å². The fraction of sp³-hybridized carbons (Fsp3) is 0.269. The molecule has 4 aromatic rings. The van der Waals surface area contributed by atoms with Crippen LogP contribution >= 0.6 is 11.7 Å². The molecular formula is C26H27N5O3S2. The Morgan fingerprint density at radius 1 is 0.861 bits per heavy atom. The number of fused-ring (bicyclic) bond motifs is 1. The van der Waals surface area contributed by atoms with Crippen LogP contribution in [0.25, 0.3) is 11.0 Å². The maximum absolute atomic E-state index is 13.6. The van der Waals surface area contributed by atoms with Crippen molar-refractivity contribution >= 4 is 38.7 Å². The molecule has 2 heterocycles. The Morgan fingerprint density at radius 3 is 2.22 bits per heavy atom. The topological polar surface area (TPSA) is 95.5 Å². The summed E-state index contributed by atoms with van der Waals surface area (Å²) in [5.41, 5.74) is 2.95. The zero-order valence-corrected chi connectivity index (χ0v) is 21.3. The summed E-state index contributed by atoms with van der Waals surface area (Å²) in [5, 5.41) is 0. The van der Waals surface area contributed by atoms with Crippen LogP contribution in [0.15, 0.2) is 83.8 Å². The average molecular weight is 522 g/mol. The first-order valence-electron chi connectivity index (χ1n) is 11.8. The molecule has 1 aliphatic heterocycles. The number of rotatable bonds is 8. The molecule has 1 aromatic heterocycles. The van der Waals surface area contributed by atoms with Crippen molar-refractivity contribution in [3.63, 3.8) is 0 Å². The number of benzene rings is 3. The lowest BCUT2D eigenvalue weighted by atomic mass is 10.1. The van der Waals surface area contributed by atoms with E-state index in [1.54, 1.807) is 17.0 Å². The van der Waals surface area contributed by atoms with Crippen molar-refractivity contribution in [3.8, 4) is 0 Å². The van der Waals surface area contributed by atoms with Gasteiger partial charge in [0.1, 0.15) is 22.0 Å². The second kappa shape index (κ2) is 10.8. The van der Waals surface area contributed by atoms with Crippen LogP contribution in [0, 0.1) is 0 Å². The average Bonchev–Trinajstić information content (AvgIpc) is 3.38. The van der Waals surface area contributed by atoms with Crippen molar-refractivity contribution in [1.29, 1.82) is 0 Å². The minimum Gasteiger partial charge on any atom is -0.339 e. The lowest BCUT2D eigenvalue weighted by Crippen LogP contribution is -2.55. The van der Waals surface area contributed by atoms with E-state index in [4.69, 9.17) is 0 Å². The highest BCUT2D eigenvalue weighted by atomic mass is 32.2. The molecular weight excluding hydrogens is 494 g/mol. The van der Waals surface area contributed by atoms with E-state index < -0.39 is 16.1 Å². The van der Waals surface area contributed by atoms with E-state index in [1.165, 1.54) is 11.6 Å². The molecule has 0 radical (unpaired) electrons. The van der Waals surface area contributed by atoms with E-state index >= 15 is 0 Å². The summed E-state index contributed by atoms with van der Waals surface area (Å²) in [7, 11) is -4.01. The smallest absolute Gasteiger partial charge is 0.243 e. The number of nitrogens with one attached hydrogen (secondary N) is 1. The van der Waals surface area contributed by atoms with Crippen molar-refractivity contribution in [2.24, 2.45) is 0 Å². The molecule has 3 aromatic carbocycles. The minimum atomic E-state index is -4.01. The predicted octanol–water partition coefficient (Wildman–Crippen LogP) is 2.93. The Hall–Kier alpha value is -3.18. The van der Waals surface area contributed by atoms with Gasteiger partial charge in [0.2, 0.25) is 15.9 Å². The number of piperazine rings is 1. The predicted molar refractivity (Wildman–Crippen MR) is 140 cm³/mol. The molecule has 0 unspecified atom stereocenters. The Morgan fingerprint density at radius 2 is 1.53 bits per heavy atom. The van der Waals surface area contributed by atoms with Gasteiger partial charge in [-0.05, 0) is 29.7 Å². The van der Waals surface area contributed by atoms with Gasteiger partial charge in [-0.15, -0.1) is 0 Å². The number of carbonyl (C=O) groups is 1. The molecule has 10 heteroatoms. The van der Waals surface area contributed by atoms with E-state index in [2.05, 4.69) is 30.5 Å². The third-order valence-electron chi connectivity index (χ3n) is 6.35. The molecule has 1 atom stereocenters. The standard InChI is InChI=1S/C26H27N5O3S2/c32-26(31-16-14-30(15-17-31)19-21-10-5-2-6-11-21)23(18-20-8-3-1-4-9-20)29-36(33,34)24-13-7-12-22-25(24)28-35-27-22/h1-13,23,29H,14-19H2/t23-/m0/s1. The van der Waals surface area contributed by atoms with Crippen LogP contribution in [0.5, 0.6) is 0 Å². The van der Waals surface area contributed by atoms with Crippen LogP contribution in [-0.4, -0.2) is 65.1 Å². The summed E-state index contributed by atoms with van der Waals surface area (Å²) in [6.45, 7) is 3.38. The highest BCUT2D eigenvalue weighted by molar-refractivity contribution is 7.89. The van der Waals surface area contributed by atoms with Gasteiger partial charge >= 0.3 is 0 Å². The molecule has 0 bridgehead atoms. The summed E-state index contributed by atoms with van der Waals surface area (Å²) in [6.07, 6.45) is 0.258. The Bertz CT molecular complexity index is 1420. The molecule has 0 spiro atoms. The third-order valence-corrected chi connectivity index (χ3v) is 8.40. The zero-order valence-electron chi connectivity index (χ0n) is 19.7. The van der Waals surface area contributed by atoms with Crippen molar-refractivity contribution in [1.82, 2.24) is 23.3 Å². The van der Waals surface area contributed by atoms with Gasteiger partial charge in [0.05, 0.1) is 11.7 Å². The van der Waals surface area contributed by atoms with Crippen molar-refractivity contribution in [2.75, 3.05) is 26.2 Å². The number of aromatic nitrogens is 2. The van der Waals surface area contributed by atoms with E-state index in [0.29, 0.717) is 24.1 Å². The number of hydrogen-bond acceptors (Lipinski definition) is 7. The first kappa shape index (κ1) is 24.5. The minimum absolute atomic E-state index is 0.0345. The van der Waals surface area contributed by atoms with Crippen molar-refractivity contribution in [3.05, 3.63) is 90.0 Å². The number of hydrogen-bond donors (Lipinski definition) is 1. The number of sulfonamides is 1. The van der Waals surface area contributed by atoms with Crippen molar-refractivity contribution in [2.45, 2.75) is 23.9 Å². The molecule has 1 amide bonds. The monoisotopic (exact) mass is 521 g/mol. The highest BCUT2D eigenvalue weighted by Crippen LogP contribution is 2.22. The van der Waals surface area contributed by atoms with Crippen LogP contribution in [0.3, 0.4) is 0 Å². The summed E-state index contributed by atoms with van der Waals surface area (Å²) in [4.78, 5) is 17.8. The van der Waals surface area contributed by atoms with Crippen LogP contribution in [0.1, 0.15) is 11.1 Å². The molecule has 1 aliphatic rings. The third kappa shape index (κ3) is 5.62. The maximum Gasteiger partial charge on any atom is 0.243 e. The summed E-state index contributed by atoms with van der Waals surface area (Å²) < 4.78 is 37.9. The van der Waals surface area contributed by atoms with Crippen LogP contribution in [-0.2, 0) is 27.8 Å². The van der Waals surface area contributed by atoms with Crippen LogP contribution in [0.2, 0.25) is 0 Å². The SMILES string of the molecule is O=C([C@H](Cc1ccccc1)NS(=O)(=O)c1cccc2nsnc12)N1CCN(Cc2ccccc2)CC1. The largest absolute Gasteiger partial charge is 0.339 e. The molecule has 0 aliphatic carbocycles. The van der Waals surface area contributed by atoms with Gasteiger partial charge < -0.3 is 4.90 Å². The molecule has 0 saturated carbocycles. The molecule has 1 N–H and O–H groups in total. The van der Waals surface area contributed by atoms with Gasteiger partial charge in [-0.3, -0.25) is 9.69 Å². The molecule has 36 heavy (non-hydrogen) atoms. The van der Waals surface area contributed by atoms with Gasteiger partial charge in [0, 0.05) is 32.7 Å². The Kier molecular flexibility index (Phi) is 7.38. The quantitative estimate of drug-likeness (QED) is 0.383. The molecule has 1 saturated heterocycles. The van der Waals surface area contributed by atoms with Gasteiger partial charge in [-0.2, -0.15) is 13.5 Å². The Balaban J connectivity index is 1.33. The summed E-state index contributed by atoms with van der Waals surface area (Å²) in [5.74, 6) is -0.217. The van der Waals surface area contributed by atoms with Gasteiger partial charge in [-0.25, -0.2) is 8.42 Å². The first-order chi connectivity index (χ1) is 17.5. The van der Waals surface area contributed by atoms with Crippen molar-refractivity contribution < 1.29 is 13.2 Å². The van der Waals surface area contributed by atoms with Gasteiger partial charge in [0.25, 0.3) is 0 Å². The van der Waals surface area contributed by atoms with Crippen LogP contribution in [0.4, 0.5) is 0 Å². The molecule has 1 fully saturated rings. The normalized spacial score (nSPS) is 15.7. The van der Waals surface area contributed by atoms with Gasteiger partial charge in [0.15, 0.2) is 0 Å². The van der Waals surface area contributed by atoms with E-state index in [-0.39, 0.29) is 17.2 Å².